The molecule has 2 bridgehead atoms. The number of hydrogen-bond acceptors (Lipinski definition) is 3. The fourth-order valence-electron chi connectivity index (χ4n) is 5.96. The van der Waals surface area contributed by atoms with Crippen LogP contribution in [0.2, 0.25) is 0 Å². The van der Waals surface area contributed by atoms with E-state index in [9.17, 15) is 17.9 Å². The lowest BCUT2D eigenvalue weighted by Crippen LogP contribution is -2.43. The zero-order valence-corrected chi connectivity index (χ0v) is 21.8. The molecule has 0 radical (unpaired) electrons. The first-order chi connectivity index (χ1) is 16.3. The van der Waals surface area contributed by atoms with Crippen LogP contribution in [0.4, 0.5) is 0 Å². The summed E-state index contributed by atoms with van der Waals surface area (Å²) >= 11 is 0. The van der Waals surface area contributed by atoms with Crippen molar-refractivity contribution in [2.75, 3.05) is 12.3 Å². The lowest BCUT2D eigenvalue weighted by atomic mass is 9.81. The summed E-state index contributed by atoms with van der Waals surface area (Å²) < 4.78 is 41.3. The first-order valence-electron chi connectivity index (χ1n) is 12.8. The molecule has 2 aliphatic rings. The smallest absolute Gasteiger partial charge is 0.240 e. The molecule has 5 atom stereocenters. The van der Waals surface area contributed by atoms with Crippen LogP contribution in [0.3, 0.4) is 0 Å². The fraction of sp³-hybridized carbons (Fsp3) is 0.556. The van der Waals surface area contributed by atoms with Crippen LogP contribution in [0.25, 0.3) is 11.1 Å². The first-order valence-corrected chi connectivity index (χ1v) is 16.3. The number of hydrogen-bond donors (Lipinski definition) is 2. The lowest BCUT2D eigenvalue weighted by molar-refractivity contribution is 0.251. The highest BCUT2D eigenvalue weighted by Gasteiger charge is 2.48. The normalized spacial score (nSPS) is 25.9. The Hall–Kier alpha value is -1.46. The maximum absolute atomic E-state index is 13.2. The minimum Gasteiger partial charge on any atom is -0.344 e. The quantitative estimate of drug-likeness (QED) is 0.263. The van der Waals surface area contributed by atoms with Gasteiger partial charge in [-0.1, -0.05) is 68.7 Å². The third kappa shape index (κ3) is 6.20. The molecule has 4 unspecified atom stereocenters. The average molecular weight is 504 g/mol. The van der Waals surface area contributed by atoms with E-state index in [1.807, 2.05) is 42.5 Å². The molecule has 0 amide bonds. The van der Waals surface area contributed by atoms with Crippen LogP contribution in [0.15, 0.2) is 59.5 Å². The number of benzene rings is 2. The molecule has 0 saturated heterocycles. The van der Waals surface area contributed by atoms with Gasteiger partial charge in [-0.15, -0.1) is 0 Å². The zero-order valence-electron chi connectivity index (χ0n) is 20.1. The van der Waals surface area contributed by atoms with E-state index >= 15 is 0 Å². The lowest BCUT2D eigenvalue weighted by Gasteiger charge is -2.31. The highest BCUT2D eigenvalue weighted by molar-refractivity contribution is 7.89. The van der Waals surface area contributed by atoms with Crippen molar-refractivity contribution >= 4 is 17.4 Å². The summed E-state index contributed by atoms with van der Waals surface area (Å²) in [5.74, 6) is 1.46. The molecule has 2 saturated carbocycles. The molecule has 0 heterocycles. The second-order valence-electron chi connectivity index (χ2n) is 10.1. The van der Waals surface area contributed by atoms with Crippen LogP contribution in [0.1, 0.15) is 58.3 Å². The number of unbranched alkanes of at least 4 members (excludes halogenated alkanes) is 3. The highest BCUT2D eigenvalue weighted by atomic mass is 32.2. The van der Waals surface area contributed by atoms with Gasteiger partial charge in [0.15, 0.2) is 7.37 Å². The predicted octanol–water partition coefficient (Wildman–Crippen LogP) is 6.29. The highest BCUT2D eigenvalue weighted by Crippen LogP contribution is 2.50. The second-order valence-corrected chi connectivity index (χ2v) is 14.6. The number of nitrogens with one attached hydrogen (secondary N) is 1. The van der Waals surface area contributed by atoms with Gasteiger partial charge in [-0.2, -0.15) is 0 Å². The van der Waals surface area contributed by atoms with Crippen molar-refractivity contribution in [1.29, 1.82) is 0 Å². The van der Waals surface area contributed by atoms with Gasteiger partial charge in [0.1, 0.15) is 0 Å². The number of rotatable bonds is 12. The Kier molecular flexibility index (Phi) is 8.35. The fourth-order valence-corrected chi connectivity index (χ4v) is 8.35. The topological polar surface area (TPSA) is 83.5 Å². The molecule has 186 valence electrons. The van der Waals surface area contributed by atoms with Gasteiger partial charge < -0.3 is 4.89 Å². The van der Waals surface area contributed by atoms with Gasteiger partial charge in [0.25, 0.3) is 0 Å². The van der Waals surface area contributed by atoms with Gasteiger partial charge >= 0.3 is 0 Å². The average Bonchev–Trinajstić information content (AvgIpc) is 3.44. The molecule has 0 aliphatic heterocycles. The number of fused-ring (bicyclic) bond motifs is 2. The van der Waals surface area contributed by atoms with Crippen molar-refractivity contribution < 1.29 is 17.9 Å². The molecular formula is C27H38NO4PS. The first kappa shape index (κ1) is 25.6. The van der Waals surface area contributed by atoms with Gasteiger partial charge in [0, 0.05) is 18.4 Å². The molecule has 2 aromatic carbocycles. The predicted molar refractivity (Wildman–Crippen MR) is 139 cm³/mol. The van der Waals surface area contributed by atoms with Crippen molar-refractivity contribution in [3.05, 3.63) is 54.6 Å². The van der Waals surface area contributed by atoms with Crippen LogP contribution in [0, 0.1) is 17.8 Å². The van der Waals surface area contributed by atoms with Gasteiger partial charge in [0.05, 0.1) is 4.90 Å². The molecule has 2 aliphatic carbocycles. The van der Waals surface area contributed by atoms with E-state index < -0.39 is 17.4 Å². The monoisotopic (exact) mass is 503 g/mol. The molecule has 4 rings (SSSR count). The minimum atomic E-state index is -3.57. The van der Waals surface area contributed by atoms with Crippen LogP contribution < -0.4 is 4.72 Å². The molecule has 2 aromatic rings. The molecule has 2 N–H and O–H groups in total. The van der Waals surface area contributed by atoms with Crippen LogP contribution in [-0.4, -0.2) is 31.7 Å². The van der Waals surface area contributed by atoms with E-state index in [-0.39, 0.29) is 6.04 Å². The summed E-state index contributed by atoms with van der Waals surface area (Å²) in [6, 6.07) is 17.2. The van der Waals surface area contributed by atoms with Gasteiger partial charge in [-0.05, 0) is 73.1 Å². The minimum absolute atomic E-state index is 0.0234. The van der Waals surface area contributed by atoms with Gasteiger partial charge in [-0.25, -0.2) is 13.1 Å². The Morgan fingerprint density at radius 1 is 0.912 bits per heavy atom. The molecule has 0 spiro atoms. The van der Waals surface area contributed by atoms with E-state index in [0.717, 1.165) is 56.1 Å². The summed E-state index contributed by atoms with van der Waals surface area (Å²) in [4.78, 5) is 10.1. The van der Waals surface area contributed by atoms with E-state index in [0.29, 0.717) is 35.0 Å². The Bertz CT molecular complexity index is 1090. The summed E-state index contributed by atoms with van der Waals surface area (Å²) in [6.45, 7) is 1.77. The Morgan fingerprint density at radius 2 is 1.56 bits per heavy atom. The maximum Gasteiger partial charge on any atom is 0.240 e. The van der Waals surface area contributed by atoms with E-state index in [1.165, 1.54) is 6.42 Å². The zero-order chi connectivity index (χ0) is 24.2. The molecule has 2 fully saturated rings. The second kappa shape index (κ2) is 11.1. The summed E-state index contributed by atoms with van der Waals surface area (Å²) in [6.07, 6.45) is 9.13. The van der Waals surface area contributed by atoms with Crippen molar-refractivity contribution in [1.82, 2.24) is 4.72 Å². The van der Waals surface area contributed by atoms with Crippen molar-refractivity contribution in [2.24, 2.45) is 17.8 Å². The van der Waals surface area contributed by atoms with Crippen LogP contribution >= 0.6 is 7.37 Å². The SMILES string of the molecule is CCP(=O)(O)CCCCCCC1C2CC[C@H](C2)C1NS(=O)(=O)c1ccc(-c2ccccc2)cc1. The van der Waals surface area contributed by atoms with Gasteiger partial charge in [-0.3, -0.25) is 4.57 Å². The Morgan fingerprint density at radius 3 is 2.26 bits per heavy atom. The molecular weight excluding hydrogens is 465 g/mol. The molecule has 5 nitrogen and oxygen atoms in total. The van der Waals surface area contributed by atoms with E-state index in [4.69, 9.17) is 0 Å². The van der Waals surface area contributed by atoms with Crippen molar-refractivity contribution in [3.63, 3.8) is 0 Å². The molecule has 7 heteroatoms. The van der Waals surface area contributed by atoms with Crippen molar-refractivity contribution in [2.45, 2.75) is 69.2 Å². The Balaban J connectivity index is 1.33. The van der Waals surface area contributed by atoms with E-state index in [1.54, 1.807) is 19.1 Å². The summed E-state index contributed by atoms with van der Waals surface area (Å²) in [5.41, 5.74) is 2.08. The van der Waals surface area contributed by atoms with Crippen LogP contribution in [-0.2, 0) is 14.6 Å². The Labute approximate surface area is 204 Å². The molecule has 0 aromatic heterocycles. The van der Waals surface area contributed by atoms with Crippen molar-refractivity contribution in [3.8, 4) is 11.1 Å². The van der Waals surface area contributed by atoms with Crippen LogP contribution in [0.5, 0.6) is 0 Å². The van der Waals surface area contributed by atoms with Gasteiger partial charge in [0.2, 0.25) is 10.0 Å². The van der Waals surface area contributed by atoms with E-state index in [2.05, 4.69) is 4.72 Å². The number of sulfonamides is 1. The maximum atomic E-state index is 13.2. The summed E-state index contributed by atoms with van der Waals surface area (Å²) in [7, 11) is -6.48. The molecule has 34 heavy (non-hydrogen) atoms. The largest absolute Gasteiger partial charge is 0.344 e. The third-order valence-electron chi connectivity index (χ3n) is 7.94. The third-order valence-corrected chi connectivity index (χ3v) is 11.4. The summed E-state index contributed by atoms with van der Waals surface area (Å²) in [5, 5.41) is 0. The standard InChI is InChI=1S/C27H38NO4PS/c1-2-33(29,30)19-9-4-3-8-12-26-23-13-14-24(20-23)27(26)28-34(31,32)25-17-15-22(16-18-25)21-10-6-5-7-11-21/h5-7,10-11,15-18,23-24,26-28H,2-4,8-9,12-14,19-20H2,1H3,(H,29,30)/t23?,24-,26?,27?/m1/s1.